The van der Waals surface area contributed by atoms with E-state index in [9.17, 15) is 9.59 Å². The first-order chi connectivity index (χ1) is 11.1. The lowest BCUT2D eigenvalue weighted by Crippen LogP contribution is -2.31. The molecule has 0 saturated carbocycles. The fourth-order valence-corrected chi connectivity index (χ4v) is 2.89. The molecule has 118 valence electrons. The summed E-state index contributed by atoms with van der Waals surface area (Å²) in [7, 11) is 0. The lowest BCUT2D eigenvalue weighted by atomic mass is 10.2. The molecule has 1 amide bonds. The average molecular weight is 329 g/mol. The van der Waals surface area contributed by atoms with Crippen molar-refractivity contribution in [2.45, 2.75) is 20.0 Å². The number of aromatic nitrogens is 4. The van der Waals surface area contributed by atoms with Crippen LogP contribution in [0.15, 0.2) is 47.0 Å². The normalized spacial score (nSPS) is 10.7. The van der Waals surface area contributed by atoms with Gasteiger partial charge in [0.1, 0.15) is 6.54 Å². The quantitative estimate of drug-likeness (QED) is 0.760. The Balaban J connectivity index is 1.69. The van der Waals surface area contributed by atoms with Crippen molar-refractivity contribution in [3.05, 3.63) is 63.1 Å². The number of aryl methyl sites for hydroxylation is 1. The van der Waals surface area contributed by atoms with Crippen molar-refractivity contribution in [3.8, 4) is 5.82 Å². The van der Waals surface area contributed by atoms with Gasteiger partial charge in [-0.1, -0.05) is 17.4 Å². The number of rotatable bonds is 5. The first-order valence-electron chi connectivity index (χ1n) is 7.00. The Morgan fingerprint density at radius 2 is 2.22 bits per heavy atom. The number of pyridine rings is 1. The molecule has 7 nitrogen and oxygen atoms in total. The average Bonchev–Trinajstić information content (AvgIpc) is 3.19. The summed E-state index contributed by atoms with van der Waals surface area (Å²) in [6, 6.07) is 5.50. The molecule has 3 aromatic rings. The Hall–Kier alpha value is -2.74. The van der Waals surface area contributed by atoms with Crippen molar-refractivity contribution in [1.29, 1.82) is 0 Å². The molecular formula is C15H15N5O2S. The highest BCUT2D eigenvalue weighted by Crippen LogP contribution is 2.09. The molecule has 0 aliphatic heterocycles. The maximum absolute atomic E-state index is 12.1. The van der Waals surface area contributed by atoms with Crippen LogP contribution >= 0.6 is 11.3 Å². The second kappa shape index (κ2) is 6.57. The summed E-state index contributed by atoms with van der Waals surface area (Å²) in [5.74, 6) is 0.450. The third kappa shape index (κ3) is 3.37. The Morgan fingerprint density at radius 3 is 2.91 bits per heavy atom. The Morgan fingerprint density at radius 1 is 1.35 bits per heavy atom. The molecule has 23 heavy (non-hydrogen) atoms. The van der Waals surface area contributed by atoms with Gasteiger partial charge in [-0.15, -0.1) is 0 Å². The molecule has 3 aromatic heterocycles. The molecule has 8 heteroatoms. The molecule has 0 atom stereocenters. The summed E-state index contributed by atoms with van der Waals surface area (Å²) in [5, 5.41) is 8.72. The SMILES string of the molecule is Cc1csc(=O)n1CC(=O)NCc1cccnc1-n1cccn1. The van der Waals surface area contributed by atoms with E-state index < -0.39 is 0 Å². The van der Waals surface area contributed by atoms with Crippen LogP contribution in [0.1, 0.15) is 11.3 Å². The maximum Gasteiger partial charge on any atom is 0.307 e. The molecule has 0 bridgehead atoms. The molecule has 0 fully saturated rings. The summed E-state index contributed by atoms with van der Waals surface area (Å²) in [6.45, 7) is 2.15. The van der Waals surface area contributed by atoms with Gasteiger partial charge in [0.15, 0.2) is 5.82 Å². The number of nitrogens with one attached hydrogen (secondary N) is 1. The van der Waals surface area contributed by atoms with Crippen LogP contribution in [0.4, 0.5) is 0 Å². The first-order valence-corrected chi connectivity index (χ1v) is 7.88. The molecular weight excluding hydrogens is 314 g/mol. The summed E-state index contributed by atoms with van der Waals surface area (Å²) >= 11 is 1.09. The van der Waals surface area contributed by atoms with Gasteiger partial charge in [-0.3, -0.25) is 14.2 Å². The minimum absolute atomic E-state index is 0.0194. The smallest absolute Gasteiger partial charge is 0.307 e. The fraction of sp³-hybridized carbons (Fsp3) is 0.200. The van der Waals surface area contributed by atoms with Crippen molar-refractivity contribution >= 4 is 17.2 Å². The van der Waals surface area contributed by atoms with E-state index in [-0.39, 0.29) is 17.3 Å². The van der Waals surface area contributed by atoms with E-state index in [1.165, 1.54) is 4.57 Å². The summed E-state index contributed by atoms with van der Waals surface area (Å²) < 4.78 is 3.10. The number of amides is 1. The van der Waals surface area contributed by atoms with Gasteiger partial charge in [-0.25, -0.2) is 9.67 Å². The van der Waals surface area contributed by atoms with Crippen LogP contribution in [0.5, 0.6) is 0 Å². The molecule has 0 spiro atoms. The van der Waals surface area contributed by atoms with Crippen LogP contribution in [-0.2, 0) is 17.9 Å². The zero-order valence-electron chi connectivity index (χ0n) is 12.5. The van der Waals surface area contributed by atoms with E-state index in [0.717, 1.165) is 22.6 Å². The van der Waals surface area contributed by atoms with E-state index in [1.807, 2.05) is 25.1 Å². The Bertz CT molecular complexity index is 866. The first kappa shape index (κ1) is 15.2. The Kier molecular flexibility index (Phi) is 4.33. The van der Waals surface area contributed by atoms with Gasteiger partial charge < -0.3 is 5.32 Å². The summed E-state index contributed by atoms with van der Waals surface area (Å²) in [5.41, 5.74) is 1.63. The standard InChI is InChI=1S/C15H15N5O2S/c1-11-10-23-15(22)19(11)9-13(21)17-8-12-4-2-5-16-14(12)20-7-3-6-18-20/h2-7,10H,8-9H2,1H3,(H,17,21). The molecule has 0 radical (unpaired) electrons. The molecule has 0 unspecified atom stereocenters. The molecule has 3 rings (SSSR count). The molecule has 0 aliphatic rings. The van der Waals surface area contributed by atoms with Crippen LogP contribution in [0.25, 0.3) is 5.82 Å². The van der Waals surface area contributed by atoms with Gasteiger partial charge in [0.05, 0.1) is 0 Å². The van der Waals surface area contributed by atoms with Crippen molar-refractivity contribution in [1.82, 2.24) is 24.6 Å². The lowest BCUT2D eigenvalue weighted by Gasteiger charge is -2.10. The van der Waals surface area contributed by atoms with Gasteiger partial charge in [-0.2, -0.15) is 5.10 Å². The second-order valence-corrected chi connectivity index (χ2v) is 5.76. The molecule has 0 aromatic carbocycles. The fourth-order valence-electron chi connectivity index (χ4n) is 2.16. The lowest BCUT2D eigenvalue weighted by molar-refractivity contribution is -0.121. The maximum atomic E-state index is 12.1. The number of carbonyl (C=O) groups is 1. The number of carbonyl (C=O) groups excluding carboxylic acids is 1. The van der Waals surface area contributed by atoms with Crippen molar-refractivity contribution in [2.75, 3.05) is 0 Å². The zero-order valence-corrected chi connectivity index (χ0v) is 13.3. The summed E-state index contributed by atoms with van der Waals surface area (Å²) in [4.78, 5) is 27.9. The Labute approximate surface area is 136 Å². The molecule has 1 N–H and O–H groups in total. The zero-order chi connectivity index (χ0) is 16.2. The van der Waals surface area contributed by atoms with Gasteiger partial charge in [-0.05, 0) is 19.1 Å². The number of hydrogen-bond acceptors (Lipinski definition) is 5. The van der Waals surface area contributed by atoms with Crippen molar-refractivity contribution in [2.24, 2.45) is 0 Å². The van der Waals surface area contributed by atoms with E-state index >= 15 is 0 Å². The predicted molar refractivity (Wildman–Crippen MR) is 86.5 cm³/mol. The van der Waals surface area contributed by atoms with E-state index in [1.54, 1.807) is 28.7 Å². The molecule has 0 saturated heterocycles. The monoisotopic (exact) mass is 329 g/mol. The van der Waals surface area contributed by atoms with Gasteiger partial charge in [0, 0.05) is 41.8 Å². The van der Waals surface area contributed by atoms with Crippen molar-refractivity contribution in [3.63, 3.8) is 0 Å². The highest BCUT2D eigenvalue weighted by Gasteiger charge is 2.10. The third-order valence-corrected chi connectivity index (χ3v) is 4.22. The third-order valence-electron chi connectivity index (χ3n) is 3.34. The van der Waals surface area contributed by atoms with Crippen LogP contribution < -0.4 is 10.2 Å². The topological polar surface area (TPSA) is 81.8 Å². The van der Waals surface area contributed by atoms with E-state index in [4.69, 9.17) is 0 Å². The number of hydrogen-bond donors (Lipinski definition) is 1. The minimum atomic E-state index is -0.219. The highest BCUT2D eigenvalue weighted by atomic mass is 32.1. The minimum Gasteiger partial charge on any atom is -0.350 e. The largest absolute Gasteiger partial charge is 0.350 e. The van der Waals surface area contributed by atoms with Gasteiger partial charge in [0.2, 0.25) is 5.91 Å². The predicted octanol–water partition coefficient (Wildman–Crippen LogP) is 1.12. The van der Waals surface area contributed by atoms with Gasteiger partial charge >= 0.3 is 4.87 Å². The second-order valence-electron chi connectivity index (χ2n) is 4.94. The van der Waals surface area contributed by atoms with Crippen LogP contribution in [0.3, 0.4) is 0 Å². The van der Waals surface area contributed by atoms with Crippen LogP contribution in [0, 0.1) is 6.92 Å². The van der Waals surface area contributed by atoms with Crippen LogP contribution in [0.2, 0.25) is 0 Å². The number of nitrogens with zero attached hydrogens (tertiary/aromatic N) is 4. The van der Waals surface area contributed by atoms with Crippen LogP contribution in [-0.4, -0.2) is 25.2 Å². The van der Waals surface area contributed by atoms with E-state index in [2.05, 4.69) is 15.4 Å². The van der Waals surface area contributed by atoms with Crippen molar-refractivity contribution < 1.29 is 4.79 Å². The summed E-state index contributed by atoms with van der Waals surface area (Å²) in [6.07, 6.45) is 5.14. The molecule has 0 aliphatic carbocycles. The molecule has 3 heterocycles. The number of thiazole rings is 1. The highest BCUT2D eigenvalue weighted by molar-refractivity contribution is 7.07. The van der Waals surface area contributed by atoms with Gasteiger partial charge in [0.25, 0.3) is 0 Å². The van der Waals surface area contributed by atoms with E-state index in [0.29, 0.717) is 12.4 Å².